The molecule has 0 amide bonds. The summed E-state index contributed by atoms with van der Waals surface area (Å²) in [7, 11) is 1.44. The Balaban J connectivity index is 2.25. The number of ether oxygens (including phenoxy) is 1. The van der Waals surface area contributed by atoms with E-state index in [9.17, 15) is 4.79 Å². The second kappa shape index (κ2) is 5.52. The van der Waals surface area contributed by atoms with E-state index in [1.807, 2.05) is 24.3 Å². The van der Waals surface area contributed by atoms with Crippen LogP contribution in [-0.4, -0.2) is 25.7 Å². The number of methoxy groups -OCH3 is 1. The van der Waals surface area contributed by atoms with Crippen LogP contribution < -0.4 is 5.32 Å². The van der Waals surface area contributed by atoms with Crippen LogP contribution in [0, 0.1) is 0 Å². The van der Waals surface area contributed by atoms with E-state index >= 15 is 0 Å². The van der Waals surface area contributed by atoms with Crippen LogP contribution in [0.15, 0.2) is 24.3 Å². The van der Waals surface area contributed by atoms with Crippen LogP contribution in [0.5, 0.6) is 0 Å². The molecule has 1 aromatic rings. The van der Waals surface area contributed by atoms with Gasteiger partial charge < -0.3 is 10.1 Å². The number of carbonyl (C=O) groups is 1. The smallest absolute Gasteiger partial charge is 0.319 e. The molecule has 17 heavy (non-hydrogen) atoms. The van der Waals surface area contributed by atoms with Gasteiger partial charge in [0.25, 0.3) is 0 Å². The van der Waals surface area contributed by atoms with Gasteiger partial charge in [0.05, 0.1) is 13.7 Å². The van der Waals surface area contributed by atoms with E-state index in [1.165, 1.54) is 7.11 Å². The molecule has 3 nitrogen and oxygen atoms in total. The van der Waals surface area contributed by atoms with E-state index in [-0.39, 0.29) is 11.9 Å². The molecule has 1 fully saturated rings. The van der Waals surface area contributed by atoms with Crippen LogP contribution in [0.3, 0.4) is 0 Å². The van der Waals surface area contributed by atoms with E-state index in [0.29, 0.717) is 11.1 Å². The summed E-state index contributed by atoms with van der Waals surface area (Å²) in [5.74, 6) is -0.338. The summed E-state index contributed by atoms with van der Waals surface area (Å²) in [5, 5.41) is 2.92. The first-order chi connectivity index (χ1) is 8.22. The van der Waals surface area contributed by atoms with Crippen LogP contribution in [0.1, 0.15) is 24.3 Å². The first-order valence-electron chi connectivity index (χ1n) is 5.89. The van der Waals surface area contributed by atoms with Gasteiger partial charge in [-0.3, -0.25) is 4.79 Å². The van der Waals surface area contributed by atoms with Crippen molar-refractivity contribution in [3.63, 3.8) is 0 Å². The fourth-order valence-electron chi connectivity index (χ4n) is 2.46. The number of carbonyl (C=O) groups excluding carboxylic acids is 1. The third kappa shape index (κ3) is 2.79. The number of hydrogen-bond donors (Lipinski definition) is 1. The Morgan fingerprint density at radius 1 is 1.47 bits per heavy atom. The molecule has 0 spiro atoms. The van der Waals surface area contributed by atoms with Crippen molar-refractivity contribution in [1.29, 1.82) is 0 Å². The van der Waals surface area contributed by atoms with Crippen molar-refractivity contribution in [3.8, 4) is 0 Å². The zero-order valence-corrected chi connectivity index (χ0v) is 10.6. The fourth-order valence-corrected chi connectivity index (χ4v) is 2.59. The molecule has 1 saturated heterocycles. The molecular formula is C13H17ClNO2+. The third-order valence-corrected chi connectivity index (χ3v) is 3.58. The largest absolute Gasteiger partial charge is 0.468 e. The second-order valence-corrected chi connectivity index (χ2v) is 4.82. The summed E-state index contributed by atoms with van der Waals surface area (Å²) in [6.45, 7) is 1.09. The maximum Gasteiger partial charge on any atom is 0.319 e. The SMILES string of the molecule is COC(=O)[C@H](c1ccc(Cl)cc1)[C@@H]1CCC[NH2+]1. The Kier molecular flexibility index (Phi) is 4.02. The van der Waals surface area contributed by atoms with Gasteiger partial charge in [0.1, 0.15) is 12.0 Å². The Morgan fingerprint density at radius 3 is 2.71 bits per heavy atom. The number of esters is 1. The van der Waals surface area contributed by atoms with Crippen molar-refractivity contribution >= 4 is 17.6 Å². The molecule has 0 saturated carbocycles. The highest BCUT2D eigenvalue weighted by atomic mass is 35.5. The Hall–Kier alpha value is -1.06. The average Bonchev–Trinajstić information content (AvgIpc) is 2.85. The van der Waals surface area contributed by atoms with Gasteiger partial charge in [0, 0.05) is 17.9 Å². The van der Waals surface area contributed by atoms with E-state index in [1.54, 1.807) is 0 Å². The summed E-state index contributed by atoms with van der Waals surface area (Å²) in [6.07, 6.45) is 2.22. The van der Waals surface area contributed by atoms with E-state index in [4.69, 9.17) is 16.3 Å². The van der Waals surface area contributed by atoms with Crippen LogP contribution in [0.25, 0.3) is 0 Å². The van der Waals surface area contributed by atoms with Crippen LogP contribution in [0.2, 0.25) is 5.02 Å². The van der Waals surface area contributed by atoms with Gasteiger partial charge in [0.15, 0.2) is 0 Å². The highest BCUT2D eigenvalue weighted by molar-refractivity contribution is 6.30. The van der Waals surface area contributed by atoms with Gasteiger partial charge in [0.2, 0.25) is 0 Å². The first kappa shape index (κ1) is 12.4. The highest BCUT2D eigenvalue weighted by Gasteiger charge is 2.35. The number of halogens is 1. The minimum absolute atomic E-state index is 0.157. The Labute approximate surface area is 106 Å². The third-order valence-electron chi connectivity index (χ3n) is 3.32. The summed E-state index contributed by atoms with van der Waals surface area (Å²) >= 11 is 5.87. The zero-order valence-electron chi connectivity index (χ0n) is 9.86. The maximum atomic E-state index is 11.9. The molecule has 1 aromatic carbocycles. The monoisotopic (exact) mass is 254 g/mol. The van der Waals surface area contributed by atoms with Gasteiger partial charge in [-0.2, -0.15) is 0 Å². The van der Waals surface area contributed by atoms with E-state index in [0.717, 1.165) is 24.9 Å². The zero-order chi connectivity index (χ0) is 12.3. The van der Waals surface area contributed by atoms with Crippen molar-refractivity contribution in [2.45, 2.75) is 24.8 Å². The average molecular weight is 255 g/mol. The molecule has 1 aliphatic heterocycles. The van der Waals surface area contributed by atoms with E-state index < -0.39 is 0 Å². The molecule has 0 aromatic heterocycles. The van der Waals surface area contributed by atoms with Crippen molar-refractivity contribution in [2.24, 2.45) is 0 Å². The number of rotatable bonds is 3. The summed E-state index contributed by atoms with van der Waals surface area (Å²) in [6, 6.07) is 7.76. The molecule has 2 N–H and O–H groups in total. The normalized spacial score (nSPS) is 21.2. The maximum absolute atomic E-state index is 11.9. The highest BCUT2D eigenvalue weighted by Crippen LogP contribution is 2.25. The van der Waals surface area contributed by atoms with Crippen molar-refractivity contribution < 1.29 is 14.8 Å². The predicted octanol–water partition coefficient (Wildman–Crippen LogP) is 1.32. The summed E-state index contributed by atoms with van der Waals surface area (Å²) < 4.78 is 4.92. The minimum atomic E-state index is -0.181. The first-order valence-corrected chi connectivity index (χ1v) is 6.27. The lowest BCUT2D eigenvalue weighted by Crippen LogP contribution is -2.88. The molecule has 0 bridgehead atoms. The molecular weight excluding hydrogens is 238 g/mol. The van der Waals surface area contributed by atoms with Gasteiger partial charge >= 0.3 is 5.97 Å². The molecule has 4 heteroatoms. The van der Waals surface area contributed by atoms with Crippen LogP contribution in [0.4, 0.5) is 0 Å². The molecule has 2 rings (SSSR count). The topological polar surface area (TPSA) is 42.9 Å². The van der Waals surface area contributed by atoms with Crippen molar-refractivity contribution in [3.05, 3.63) is 34.9 Å². The number of benzene rings is 1. The standard InChI is InChI=1S/C13H16ClNO2/c1-17-13(16)12(11-3-2-8-15-11)9-4-6-10(14)7-5-9/h4-7,11-12,15H,2-3,8H2,1H3/p+1/t11-,12+/m0/s1. The van der Waals surface area contributed by atoms with E-state index in [2.05, 4.69) is 5.32 Å². The molecule has 92 valence electrons. The Morgan fingerprint density at radius 2 is 2.18 bits per heavy atom. The Bertz CT molecular complexity index is 385. The van der Waals surface area contributed by atoms with Gasteiger partial charge in [-0.25, -0.2) is 0 Å². The number of nitrogens with two attached hydrogens (primary N) is 1. The quantitative estimate of drug-likeness (QED) is 0.827. The van der Waals surface area contributed by atoms with Crippen LogP contribution >= 0.6 is 11.6 Å². The van der Waals surface area contributed by atoms with Crippen LogP contribution in [-0.2, 0) is 9.53 Å². The number of hydrogen-bond acceptors (Lipinski definition) is 2. The molecule has 0 radical (unpaired) electrons. The minimum Gasteiger partial charge on any atom is -0.468 e. The van der Waals surface area contributed by atoms with Gasteiger partial charge in [-0.05, 0) is 17.7 Å². The molecule has 2 atom stereocenters. The van der Waals surface area contributed by atoms with Crippen molar-refractivity contribution in [1.82, 2.24) is 0 Å². The van der Waals surface area contributed by atoms with Crippen molar-refractivity contribution in [2.75, 3.05) is 13.7 Å². The fraction of sp³-hybridized carbons (Fsp3) is 0.462. The molecule has 1 heterocycles. The lowest BCUT2D eigenvalue weighted by atomic mass is 9.90. The van der Waals surface area contributed by atoms with Gasteiger partial charge in [-0.15, -0.1) is 0 Å². The molecule has 1 aliphatic rings. The lowest BCUT2D eigenvalue weighted by Gasteiger charge is -2.19. The second-order valence-electron chi connectivity index (χ2n) is 4.38. The van der Waals surface area contributed by atoms with Gasteiger partial charge in [-0.1, -0.05) is 23.7 Å². The number of quaternary nitrogens is 1. The lowest BCUT2D eigenvalue weighted by molar-refractivity contribution is -0.671. The molecule has 0 aliphatic carbocycles. The summed E-state index contributed by atoms with van der Waals surface area (Å²) in [5.41, 5.74) is 0.990. The predicted molar refractivity (Wildman–Crippen MR) is 66.0 cm³/mol. The summed E-state index contributed by atoms with van der Waals surface area (Å²) in [4.78, 5) is 11.9. The molecule has 0 unspecified atom stereocenters.